The molecule has 21 heavy (non-hydrogen) atoms. The Hall–Kier alpha value is -2.19. The Balaban J connectivity index is 2.61. The lowest BCUT2D eigenvalue weighted by molar-refractivity contribution is 0.0696. The van der Waals surface area contributed by atoms with Crippen molar-refractivity contribution in [1.29, 1.82) is 0 Å². The second kappa shape index (κ2) is 5.66. The number of nitrogens with one attached hydrogen (secondary N) is 1. The summed E-state index contributed by atoms with van der Waals surface area (Å²) in [5, 5.41) is 13.1. The second-order valence-corrected chi connectivity index (χ2v) is 6.08. The summed E-state index contributed by atoms with van der Waals surface area (Å²) < 4.78 is 28.0. The Morgan fingerprint density at radius 2 is 2.05 bits per heavy atom. The number of aryl methyl sites for hydroxylation is 1. The monoisotopic (exact) mass is 309 g/mol. The van der Waals surface area contributed by atoms with E-state index in [2.05, 4.69) is 9.82 Å². The van der Waals surface area contributed by atoms with Gasteiger partial charge in [-0.15, -0.1) is 0 Å². The fourth-order valence-electron chi connectivity index (χ4n) is 1.93. The lowest BCUT2D eigenvalue weighted by atomic mass is 10.3. The number of carbonyl (C=O) groups is 1. The summed E-state index contributed by atoms with van der Waals surface area (Å²) in [6.07, 6.45) is 1.30. The molecule has 1 aromatic heterocycles. The van der Waals surface area contributed by atoms with E-state index in [9.17, 15) is 13.2 Å². The van der Waals surface area contributed by atoms with Gasteiger partial charge in [0.1, 0.15) is 10.5 Å². The normalized spacial score (nSPS) is 11.5. The third-order valence-corrected chi connectivity index (χ3v) is 4.46. The standard InChI is InChI=1S/C13H15N3O4S/c1-3-14-21(19,20)12-7-5-4-6-11(12)16-8-10(13(17)18)9(2)15-16/h4-8,14H,3H2,1-2H3,(H,17,18). The summed E-state index contributed by atoms with van der Waals surface area (Å²) >= 11 is 0. The zero-order valence-corrected chi connectivity index (χ0v) is 12.4. The van der Waals surface area contributed by atoms with E-state index in [1.165, 1.54) is 16.9 Å². The molecule has 2 N–H and O–H groups in total. The predicted octanol–water partition coefficient (Wildman–Crippen LogP) is 1.18. The van der Waals surface area contributed by atoms with Crippen molar-refractivity contribution in [2.24, 2.45) is 0 Å². The first kappa shape index (κ1) is 15.2. The molecule has 2 rings (SSSR count). The Labute approximate surface area is 122 Å². The number of carboxylic acid groups (broad SMARTS) is 1. The van der Waals surface area contributed by atoms with Gasteiger partial charge in [-0.25, -0.2) is 22.6 Å². The van der Waals surface area contributed by atoms with Gasteiger partial charge in [-0.1, -0.05) is 19.1 Å². The highest BCUT2D eigenvalue weighted by Gasteiger charge is 2.20. The fraction of sp³-hybridized carbons (Fsp3) is 0.231. The molecule has 0 unspecified atom stereocenters. The first-order valence-corrected chi connectivity index (χ1v) is 7.73. The largest absolute Gasteiger partial charge is 0.478 e. The van der Waals surface area contributed by atoms with Crippen molar-refractivity contribution >= 4 is 16.0 Å². The number of rotatable bonds is 5. The number of benzene rings is 1. The molecule has 2 aromatic rings. The number of aromatic nitrogens is 2. The average molecular weight is 309 g/mol. The summed E-state index contributed by atoms with van der Waals surface area (Å²) in [6, 6.07) is 6.28. The van der Waals surface area contributed by atoms with Gasteiger partial charge in [-0.2, -0.15) is 5.10 Å². The smallest absolute Gasteiger partial charge is 0.339 e. The van der Waals surface area contributed by atoms with Crippen LogP contribution in [0.4, 0.5) is 0 Å². The molecule has 0 saturated carbocycles. The van der Waals surface area contributed by atoms with Crippen LogP contribution in [0.2, 0.25) is 0 Å². The van der Waals surface area contributed by atoms with Crippen molar-refractivity contribution in [3.05, 3.63) is 41.7 Å². The number of hydrogen-bond donors (Lipinski definition) is 2. The molecule has 0 spiro atoms. The van der Waals surface area contributed by atoms with Gasteiger partial charge < -0.3 is 5.11 Å². The van der Waals surface area contributed by atoms with Gasteiger partial charge in [0.2, 0.25) is 10.0 Å². The number of nitrogens with zero attached hydrogens (tertiary/aromatic N) is 2. The summed E-state index contributed by atoms with van der Waals surface area (Å²) in [4.78, 5) is 11.1. The number of aromatic carboxylic acids is 1. The first-order chi connectivity index (χ1) is 9.86. The maximum atomic E-state index is 12.2. The number of sulfonamides is 1. The van der Waals surface area contributed by atoms with Gasteiger partial charge in [0, 0.05) is 12.7 Å². The molecular weight excluding hydrogens is 294 g/mol. The molecule has 8 heteroatoms. The maximum Gasteiger partial charge on any atom is 0.339 e. The molecular formula is C13H15N3O4S. The zero-order valence-electron chi connectivity index (χ0n) is 11.6. The van der Waals surface area contributed by atoms with Crippen molar-refractivity contribution in [3.8, 4) is 5.69 Å². The van der Waals surface area contributed by atoms with Crippen molar-refractivity contribution in [3.63, 3.8) is 0 Å². The van der Waals surface area contributed by atoms with E-state index in [0.29, 0.717) is 11.4 Å². The molecule has 0 aliphatic carbocycles. The lowest BCUT2D eigenvalue weighted by Gasteiger charge is -2.10. The maximum absolute atomic E-state index is 12.2. The lowest BCUT2D eigenvalue weighted by Crippen LogP contribution is -2.24. The van der Waals surface area contributed by atoms with Crippen molar-refractivity contribution in [2.75, 3.05) is 6.54 Å². The van der Waals surface area contributed by atoms with Crippen LogP contribution in [-0.2, 0) is 10.0 Å². The van der Waals surface area contributed by atoms with Gasteiger partial charge >= 0.3 is 5.97 Å². The van der Waals surface area contributed by atoms with Crippen molar-refractivity contribution in [1.82, 2.24) is 14.5 Å². The van der Waals surface area contributed by atoms with Crippen LogP contribution in [0.25, 0.3) is 5.69 Å². The van der Waals surface area contributed by atoms with Crippen LogP contribution in [0.1, 0.15) is 23.0 Å². The minimum Gasteiger partial charge on any atom is -0.478 e. The molecule has 1 heterocycles. The van der Waals surface area contributed by atoms with Crippen LogP contribution in [0.3, 0.4) is 0 Å². The van der Waals surface area contributed by atoms with E-state index in [1.807, 2.05) is 0 Å². The Kier molecular flexibility index (Phi) is 4.10. The van der Waals surface area contributed by atoms with Crippen LogP contribution in [-0.4, -0.2) is 35.8 Å². The molecule has 0 atom stereocenters. The molecule has 0 radical (unpaired) electrons. The molecule has 0 aliphatic heterocycles. The topological polar surface area (TPSA) is 101 Å². The number of hydrogen-bond acceptors (Lipinski definition) is 4. The minimum atomic E-state index is -3.67. The van der Waals surface area contributed by atoms with E-state index in [-0.39, 0.29) is 17.0 Å². The van der Waals surface area contributed by atoms with Crippen LogP contribution >= 0.6 is 0 Å². The number of carboxylic acids is 1. The van der Waals surface area contributed by atoms with E-state index < -0.39 is 16.0 Å². The van der Waals surface area contributed by atoms with Crippen LogP contribution in [0.5, 0.6) is 0 Å². The van der Waals surface area contributed by atoms with Gasteiger partial charge in [0.25, 0.3) is 0 Å². The third kappa shape index (κ3) is 2.96. The minimum absolute atomic E-state index is 0.0330. The van der Waals surface area contributed by atoms with Gasteiger partial charge in [0.05, 0.1) is 11.4 Å². The highest BCUT2D eigenvalue weighted by molar-refractivity contribution is 7.89. The SMILES string of the molecule is CCNS(=O)(=O)c1ccccc1-n1cc(C(=O)O)c(C)n1. The van der Waals surface area contributed by atoms with E-state index in [0.717, 1.165) is 0 Å². The van der Waals surface area contributed by atoms with Gasteiger partial charge in [-0.05, 0) is 19.1 Å². The van der Waals surface area contributed by atoms with Crippen LogP contribution in [0.15, 0.2) is 35.4 Å². The Morgan fingerprint density at radius 3 is 2.62 bits per heavy atom. The summed E-state index contributed by atoms with van der Waals surface area (Å²) in [6.45, 7) is 3.50. The van der Waals surface area contributed by atoms with E-state index in [1.54, 1.807) is 32.0 Å². The molecule has 0 bridgehead atoms. The molecule has 0 aliphatic rings. The van der Waals surface area contributed by atoms with Crippen molar-refractivity contribution < 1.29 is 18.3 Å². The highest BCUT2D eigenvalue weighted by atomic mass is 32.2. The third-order valence-electron chi connectivity index (χ3n) is 2.87. The zero-order chi connectivity index (χ0) is 15.6. The van der Waals surface area contributed by atoms with Gasteiger partial charge in [-0.3, -0.25) is 0 Å². The second-order valence-electron chi connectivity index (χ2n) is 4.35. The summed E-state index contributed by atoms with van der Waals surface area (Å²) in [5.74, 6) is -1.11. The summed E-state index contributed by atoms with van der Waals surface area (Å²) in [5.41, 5.74) is 0.651. The highest BCUT2D eigenvalue weighted by Crippen LogP contribution is 2.20. The van der Waals surface area contributed by atoms with Crippen LogP contribution < -0.4 is 4.72 Å². The first-order valence-electron chi connectivity index (χ1n) is 6.25. The fourth-order valence-corrected chi connectivity index (χ4v) is 3.17. The molecule has 1 aromatic carbocycles. The Morgan fingerprint density at radius 1 is 1.38 bits per heavy atom. The van der Waals surface area contributed by atoms with E-state index >= 15 is 0 Å². The molecule has 7 nitrogen and oxygen atoms in total. The summed E-state index contributed by atoms with van der Waals surface area (Å²) in [7, 11) is -3.67. The Bertz CT molecular complexity index is 780. The molecule has 112 valence electrons. The molecule has 0 fully saturated rings. The van der Waals surface area contributed by atoms with Gasteiger partial charge in [0.15, 0.2) is 0 Å². The van der Waals surface area contributed by atoms with Crippen LogP contribution in [0, 0.1) is 6.92 Å². The average Bonchev–Trinajstić information content (AvgIpc) is 2.81. The predicted molar refractivity (Wildman–Crippen MR) is 76.1 cm³/mol. The molecule has 0 saturated heterocycles. The van der Waals surface area contributed by atoms with E-state index in [4.69, 9.17) is 5.11 Å². The number of para-hydroxylation sites is 1. The quantitative estimate of drug-likeness (QED) is 0.863. The molecule has 0 amide bonds. The van der Waals surface area contributed by atoms with Crippen molar-refractivity contribution in [2.45, 2.75) is 18.7 Å².